The molecule has 0 aliphatic rings. The lowest BCUT2D eigenvalue weighted by Gasteiger charge is -2.25. The van der Waals surface area contributed by atoms with Crippen molar-refractivity contribution in [2.75, 3.05) is 31.4 Å². The van der Waals surface area contributed by atoms with Gasteiger partial charge in [-0.15, -0.1) is 0 Å². The Morgan fingerprint density at radius 1 is 1.25 bits per heavy atom. The molecule has 2 aromatic heterocycles. The number of hydrogen-bond donors (Lipinski definition) is 2. The molecule has 8 heteroatoms. The van der Waals surface area contributed by atoms with Crippen molar-refractivity contribution in [3.8, 4) is 5.95 Å². The van der Waals surface area contributed by atoms with E-state index in [1.807, 2.05) is 19.9 Å². The predicted octanol–water partition coefficient (Wildman–Crippen LogP) is 0.936. The number of aromatic nitrogens is 5. The Hall–Kier alpha value is -2.22. The van der Waals surface area contributed by atoms with Gasteiger partial charge in [0.2, 0.25) is 11.9 Å². The Bertz CT molecular complexity index is 553. The molecular formula is C12H19N7O. The molecule has 0 unspecified atom stereocenters. The molecule has 2 aromatic rings. The highest BCUT2D eigenvalue weighted by atomic mass is 16.5. The number of nitrogens with one attached hydrogen (secondary N) is 2. The van der Waals surface area contributed by atoms with Crippen LogP contribution < -0.4 is 10.6 Å². The van der Waals surface area contributed by atoms with Crippen molar-refractivity contribution < 1.29 is 4.74 Å². The minimum absolute atomic E-state index is 0.289. The number of methoxy groups -OCH3 is 1. The smallest absolute Gasteiger partial charge is 0.257 e. The van der Waals surface area contributed by atoms with Gasteiger partial charge in [0.1, 0.15) is 0 Å². The van der Waals surface area contributed by atoms with E-state index in [2.05, 4.69) is 30.7 Å². The van der Waals surface area contributed by atoms with Gasteiger partial charge in [0.05, 0.1) is 12.1 Å². The van der Waals surface area contributed by atoms with Crippen LogP contribution >= 0.6 is 0 Å². The van der Waals surface area contributed by atoms with Crippen molar-refractivity contribution >= 4 is 11.9 Å². The Labute approximate surface area is 117 Å². The van der Waals surface area contributed by atoms with E-state index in [1.54, 1.807) is 31.2 Å². The highest BCUT2D eigenvalue weighted by Crippen LogP contribution is 2.14. The number of ether oxygens (including phenoxy) is 1. The van der Waals surface area contributed by atoms with Crippen molar-refractivity contribution in [2.45, 2.75) is 19.4 Å². The molecule has 0 atom stereocenters. The first kappa shape index (κ1) is 14.2. The number of nitrogens with zero attached hydrogens (tertiary/aromatic N) is 5. The van der Waals surface area contributed by atoms with Gasteiger partial charge >= 0.3 is 0 Å². The van der Waals surface area contributed by atoms with E-state index in [4.69, 9.17) is 4.74 Å². The topological polar surface area (TPSA) is 89.8 Å². The Morgan fingerprint density at radius 3 is 2.60 bits per heavy atom. The second-order valence-electron chi connectivity index (χ2n) is 4.93. The minimum atomic E-state index is -0.289. The van der Waals surface area contributed by atoms with Crippen LogP contribution in [0.1, 0.15) is 13.8 Å². The molecule has 8 nitrogen and oxygen atoms in total. The zero-order valence-corrected chi connectivity index (χ0v) is 12.1. The van der Waals surface area contributed by atoms with E-state index in [0.29, 0.717) is 24.5 Å². The third kappa shape index (κ3) is 3.41. The largest absolute Gasteiger partial charge is 0.382 e. The molecule has 0 bridgehead atoms. The summed E-state index contributed by atoms with van der Waals surface area (Å²) in [5.74, 6) is 1.39. The first-order chi connectivity index (χ1) is 9.54. The van der Waals surface area contributed by atoms with Crippen LogP contribution in [-0.2, 0) is 4.74 Å². The molecule has 0 fully saturated rings. The average molecular weight is 277 g/mol. The summed E-state index contributed by atoms with van der Waals surface area (Å²) < 4.78 is 6.75. The second kappa shape index (κ2) is 5.83. The van der Waals surface area contributed by atoms with Crippen molar-refractivity contribution in [1.82, 2.24) is 24.7 Å². The Kier molecular flexibility index (Phi) is 4.14. The van der Waals surface area contributed by atoms with Gasteiger partial charge in [-0.05, 0) is 19.9 Å². The molecule has 20 heavy (non-hydrogen) atoms. The summed E-state index contributed by atoms with van der Waals surface area (Å²) in [5.41, 5.74) is -0.289. The van der Waals surface area contributed by atoms with E-state index in [9.17, 15) is 0 Å². The maximum atomic E-state index is 5.17. The van der Waals surface area contributed by atoms with Crippen molar-refractivity contribution in [3.05, 3.63) is 18.5 Å². The average Bonchev–Trinajstić information content (AvgIpc) is 2.91. The highest BCUT2D eigenvalue weighted by Gasteiger charge is 2.19. The van der Waals surface area contributed by atoms with E-state index in [0.717, 1.165) is 0 Å². The van der Waals surface area contributed by atoms with Crippen molar-refractivity contribution in [2.24, 2.45) is 0 Å². The van der Waals surface area contributed by atoms with Crippen LogP contribution in [0, 0.1) is 0 Å². The van der Waals surface area contributed by atoms with Gasteiger partial charge in [-0.25, -0.2) is 4.68 Å². The van der Waals surface area contributed by atoms with Crippen LogP contribution in [0.4, 0.5) is 11.9 Å². The summed E-state index contributed by atoms with van der Waals surface area (Å²) in [4.78, 5) is 12.9. The second-order valence-corrected chi connectivity index (χ2v) is 4.93. The van der Waals surface area contributed by atoms with Crippen molar-refractivity contribution in [1.29, 1.82) is 0 Å². The maximum Gasteiger partial charge on any atom is 0.257 e. The van der Waals surface area contributed by atoms with Crippen LogP contribution in [0.5, 0.6) is 0 Å². The fraction of sp³-hybridized carbons (Fsp3) is 0.500. The van der Waals surface area contributed by atoms with E-state index >= 15 is 0 Å². The predicted molar refractivity (Wildman–Crippen MR) is 76.1 cm³/mol. The van der Waals surface area contributed by atoms with Gasteiger partial charge < -0.3 is 15.4 Å². The molecule has 0 radical (unpaired) electrons. The maximum absolute atomic E-state index is 5.17. The summed E-state index contributed by atoms with van der Waals surface area (Å²) >= 11 is 0. The van der Waals surface area contributed by atoms with Gasteiger partial charge in [0.25, 0.3) is 5.95 Å². The lowest BCUT2D eigenvalue weighted by molar-refractivity contribution is 0.158. The normalized spacial score (nSPS) is 11.4. The quantitative estimate of drug-likeness (QED) is 0.812. The van der Waals surface area contributed by atoms with Crippen LogP contribution in [0.3, 0.4) is 0 Å². The fourth-order valence-electron chi connectivity index (χ4n) is 1.72. The van der Waals surface area contributed by atoms with Crippen LogP contribution in [0.15, 0.2) is 18.5 Å². The number of hydrogen-bond acceptors (Lipinski definition) is 7. The molecule has 0 spiro atoms. The van der Waals surface area contributed by atoms with Crippen LogP contribution in [-0.4, -0.2) is 51.0 Å². The lowest BCUT2D eigenvalue weighted by atomic mass is 10.1. The lowest BCUT2D eigenvalue weighted by Crippen LogP contribution is -2.36. The van der Waals surface area contributed by atoms with E-state index in [-0.39, 0.29) is 5.54 Å². The zero-order valence-electron chi connectivity index (χ0n) is 12.1. The standard InChI is InChI=1S/C12H19N7O/c1-12(2,8-20-4)18-10-15-9(13-3)16-11(17-10)19-7-5-6-14-19/h5-7H,8H2,1-4H3,(H2,13,15,16,17,18). The molecule has 0 aliphatic heterocycles. The molecule has 0 amide bonds. The summed E-state index contributed by atoms with van der Waals surface area (Å²) in [6, 6.07) is 1.81. The van der Waals surface area contributed by atoms with Gasteiger partial charge in [0, 0.05) is 26.6 Å². The van der Waals surface area contributed by atoms with E-state index in [1.165, 1.54) is 0 Å². The van der Waals surface area contributed by atoms with Gasteiger partial charge in [-0.2, -0.15) is 20.1 Å². The molecular weight excluding hydrogens is 258 g/mol. The summed E-state index contributed by atoms with van der Waals surface area (Å²) in [5, 5.41) is 10.3. The van der Waals surface area contributed by atoms with Gasteiger partial charge in [0.15, 0.2) is 0 Å². The molecule has 2 rings (SSSR count). The summed E-state index contributed by atoms with van der Waals surface area (Å²) in [6.45, 7) is 4.55. The number of rotatable bonds is 6. The van der Waals surface area contributed by atoms with E-state index < -0.39 is 0 Å². The van der Waals surface area contributed by atoms with Crippen LogP contribution in [0.2, 0.25) is 0 Å². The van der Waals surface area contributed by atoms with Crippen molar-refractivity contribution in [3.63, 3.8) is 0 Å². The molecule has 0 saturated carbocycles. The molecule has 0 aromatic carbocycles. The third-order valence-corrected chi connectivity index (χ3v) is 2.51. The van der Waals surface area contributed by atoms with Crippen LogP contribution in [0.25, 0.3) is 5.95 Å². The fourth-order valence-corrected chi connectivity index (χ4v) is 1.72. The van der Waals surface area contributed by atoms with Gasteiger partial charge in [-0.1, -0.05) is 0 Å². The number of anilines is 2. The van der Waals surface area contributed by atoms with Gasteiger partial charge in [-0.3, -0.25) is 0 Å². The molecule has 2 heterocycles. The monoisotopic (exact) mass is 277 g/mol. The zero-order chi connectivity index (χ0) is 14.6. The Balaban J connectivity index is 2.31. The molecule has 0 saturated heterocycles. The molecule has 2 N–H and O–H groups in total. The highest BCUT2D eigenvalue weighted by molar-refractivity contribution is 5.39. The Morgan fingerprint density at radius 2 is 2.00 bits per heavy atom. The minimum Gasteiger partial charge on any atom is -0.382 e. The third-order valence-electron chi connectivity index (χ3n) is 2.51. The molecule has 0 aliphatic carbocycles. The SMILES string of the molecule is CNc1nc(NC(C)(C)COC)nc(-n2cccn2)n1. The first-order valence-corrected chi connectivity index (χ1v) is 6.25. The summed E-state index contributed by atoms with van der Waals surface area (Å²) in [6.07, 6.45) is 3.45. The summed E-state index contributed by atoms with van der Waals surface area (Å²) in [7, 11) is 3.41. The first-order valence-electron chi connectivity index (χ1n) is 6.25. The molecule has 108 valence electrons.